The highest BCUT2D eigenvalue weighted by Gasteiger charge is 2.36. The first-order chi connectivity index (χ1) is 15.8. The average molecular weight is 498 g/mol. The lowest BCUT2D eigenvalue weighted by Crippen LogP contribution is -2.42. The molecule has 2 N–H and O–H groups in total. The first-order valence-electron chi connectivity index (χ1n) is 11.4. The lowest BCUT2D eigenvalue weighted by Gasteiger charge is -2.33. The predicted octanol–water partition coefficient (Wildman–Crippen LogP) is 4.15. The van der Waals surface area contributed by atoms with E-state index >= 15 is 0 Å². The fourth-order valence-electron chi connectivity index (χ4n) is 4.18. The zero-order valence-electron chi connectivity index (χ0n) is 19.5. The van der Waals surface area contributed by atoms with Gasteiger partial charge in [0.1, 0.15) is 6.61 Å². The first kappa shape index (κ1) is 28.4. The molecule has 34 heavy (non-hydrogen) atoms. The van der Waals surface area contributed by atoms with Gasteiger partial charge in [0.2, 0.25) is 5.91 Å². The number of rotatable bonds is 10. The summed E-state index contributed by atoms with van der Waals surface area (Å²) < 4.78 is 78.0. The number of aliphatic hydroxyl groups excluding tert-OH is 1. The topological polar surface area (TPSA) is 55.8 Å². The van der Waals surface area contributed by atoms with Gasteiger partial charge in [-0.05, 0) is 75.9 Å². The highest BCUT2D eigenvalue weighted by molar-refractivity contribution is 5.77. The van der Waals surface area contributed by atoms with E-state index in [9.17, 15) is 31.1 Å². The molecule has 1 fully saturated rings. The summed E-state index contributed by atoms with van der Waals surface area (Å²) in [6, 6.07) is 1.56. The van der Waals surface area contributed by atoms with Crippen molar-refractivity contribution in [3.8, 4) is 0 Å². The summed E-state index contributed by atoms with van der Waals surface area (Å²) in [5.74, 6) is 0.222. The molecule has 1 atom stereocenters. The standard InChI is InChI=1S/C23H33F6N3O2/c1-16(4-3-7-31(2)14-17-5-8-32(9-6-17)21(34)15-33)30-13-18-10-19(22(24,25)26)12-20(11-18)23(27,28)29/h10-12,16-17,30,33H,3-9,13-15H2,1-2H3. The van der Waals surface area contributed by atoms with E-state index in [4.69, 9.17) is 5.11 Å². The van der Waals surface area contributed by atoms with Gasteiger partial charge in [-0.2, -0.15) is 26.3 Å². The zero-order chi connectivity index (χ0) is 25.5. The second-order valence-corrected chi connectivity index (χ2v) is 9.08. The summed E-state index contributed by atoms with van der Waals surface area (Å²) in [5, 5.41) is 12.0. The molecule has 0 bridgehead atoms. The number of alkyl halides is 6. The van der Waals surface area contributed by atoms with Crippen LogP contribution in [0.2, 0.25) is 0 Å². The molecule has 0 saturated carbocycles. The fourth-order valence-corrected chi connectivity index (χ4v) is 4.18. The van der Waals surface area contributed by atoms with Crippen molar-refractivity contribution in [1.29, 1.82) is 0 Å². The van der Waals surface area contributed by atoms with Gasteiger partial charge >= 0.3 is 12.4 Å². The minimum Gasteiger partial charge on any atom is -0.387 e. The van der Waals surface area contributed by atoms with Crippen LogP contribution in [0.3, 0.4) is 0 Å². The number of halogens is 6. The number of carbonyl (C=O) groups is 1. The van der Waals surface area contributed by atoms with Gasteiger partial charge in [-0.25, -0.2) is 0 Å². The van der Waals surface area contributed by atoms with Gasteiger partial charge in [-0.3, -0.25) is 4.79 Å². The van der Waals surface area contributed by atoms with Crippen LogP contribution in [0.25, 0.3) is 0 Å². The molecular weight excluding hydrogens is 464 g/mol. The second-order valence-electron chi connectivity index (χ2n) is 9.08. The molecule has 1 heterocycles. The number of hydrogen-bond acceptors (Lipinski definition) is 4. The Kier molecular flexibility index (Phi) is 10.2. The predicted molar refractivity (Wildman–Crippen MR) is 116 cm³/mol. The maximum atomic E-state index is 13.0. The molecule has 1 amide bonds. The Morgan fingerprint density at radius 3 is 2.18 bits per heavy atom. The van der Waals surface area contributed by atoms with Crippen LogP contribution in [0.5, 0.6) is 0 Å². The van der Waals surface area contributed by atoms with Crippen molar-refractivity contribution in [3.63, 3.8) is 0 Å². The Balaban J connectivity index is 1.75. The fraction of sp³-hybridized carbons (Fsp3) is 0.696. The van der Waals surface area contributed by atoms with E-state index in [1.54, 1.807) is 4.90 Å². The highest BCUT2D eigenvalue weighted by atomic mass is 19.4. The van der Waals surface area contributed by atoms with E-state index in [0.717, 1.165) is 50.9 Å². The summed E-state index contributed by atoms with van der Waals surface area (Å²) >= 11 is 0. The molecule has 1 aromatic carbocycles. The number of carbonyl (C=O) groups excluding carboxylic acids is 1. The highest BCUT2D eigenvalue weighted by Crippen LogP contribution is 2.36. The van der Waals surface area contributed by atoms with Gasteiger partial charge in [0, 0.05) is 32.2 Å². The van der Waals surface area contributed by atoms with Crippen LogP contribution in [0.4, 0.5) is 26.3 Å². The third-order valence-electron chi connectivity index (χ3n) is 6.15. The van der Waals surface area contributed by atoms with Gasteiger partial charge in [-0.1, -0.05) is 0 Å². The summed E-state index contributed by atoms with van der Waals surface area (Å²) in [4.78, 5) is 15.4. The molecule has 1 aliphatic heterocycles. The molecule has 11 heteroatoms. The number of hydrogen-bond donors (Lipinski definition) is 2. The normalized spacial score (nSPS) is 16.8. The minimum absolute atomic E-state index is 0.0582. The Morgan fingerprint density at radius 1 is 1.12 bits per heavy atom. The van der Waals surface area contributed by atoms with Crippen molar-refractivity contribution in [2.75, 3.05) is 39.8 Å². The van der Waals surface area contributed by atoms with E-state index in [2.05, 4.69) is 10.2 Å². The molecule has 1 aromatic rings. The maximum Gasteiger partial charge on any atom is 0.416 e. The Labute approximate surface area is 196 Å². The van der Waals surface area contributed by atoms with Crippen LogP contribution in [0.15, 0.2) is 18.2 Å². The van der Waals surface area contributed by atoms with Crippen LogP contribution in [0.1, 0.15) is 49.3 Å². The third kappa shape index (κ3) is 9.07. The lowest BCUT2D eigenvalue weighted by molar-refractivity contribution is -0.143. The molecule has 0 spiro atoms. The van der Waals surface area contributed by atoms with Gasteiger partial charge < -0.3 is 20.2 Å². The first-order valence-corrected chi connectivity index (χ1v) is 11.4. The molecule has 1 saturated heterocycles. The number of nitrogens with zero attached hydrogens (tertiary/aromatic N) is 2. The summed E-state index contributed by atoms with van der Waals surface area (Å²) in [6.45, 7) is 4.28. The molecule has 5 nitrogen and oxygen atoms in total. The number of piperidine rings is 1. The molecule has 0 aliphatic carbocycles. The molecule has 0 radical (unpaired) electrons. The van der Waals surface area contributed by atoms with Crippen molar-refractivity contribution in [2.45, 2.75) is 57.5 Å². The van der Waals surface area contributed by atoms with Crippen molar-refractivity contribution >= 4 is 5.91 Å². The van der Waals surface area contributed by atoms with E-state index in [1.165, 1.54) is 0 Å². The second kappa shape index (κ2) is 12.2. The number of amides is 1. The van der Waals surface area contributed by atoms with E-state index in [0.29, 0.717) is 19.0 Å². The Morgan fingerprint density at radius 2 is 1.68 bits per heavy atom. The van der Waals surface area contributed by atoms with Crippen LogP contribution >= 0.6 is 0 Å². The van der Waals surface area contributed by atoms with Crippen molar-refractivity contribution in [1.82, 2.24) is 15.1 Å². The van der Waals surface area contributed by atoms with Gasteiger partial charge in [0.25, 0.3) is 0 Å². The number of likely N-dealkylation sites (tertiary alicyclic amines) is 1. The lowest BCUT2D eigenvalue weighted by atomic mass is 9.96. The maximum absolute atomic E-state index is 13.0. The third-order valence-corrected chi connectivity index (χ3v) is 6.15. The quantitative estimate of drug-likeness (QED) is 0.477. The molecule has 194 valence electrons. The molecule has 1 aliphatic rings. The summed E-state index contributed by atoms with van der Waals surface area (Å²) in [7, 11) is 2.00. The summed E-state index contributed by atoms with van der Waals surface area (Å²) in [5.41, 5.74) is -2.67. The largest absolute Gasteiger partial charge is 0.416 e. The van der Waals surface area contributed by atoms with Gasteiger partial charge in [-0.15, -0.1) is 0 Å². The molecule has 1 unspecified atom stereocenters. The smallest absolute Gasteiger partial charge is 0.387 e. The SMILES string of the molecule is CC(CCCN(C)CC1CCN(C(=O)CO)CC1)NCc1cc(C(F)(F)F)cc(C(F)(F)F)c1. The Bertz CT molecular complexity index is 760. The van der Waals surface area contributed by atoms with Crippen LogP contribution in [0, 0.1) is 5.92 Å². The van der Waals surface area contributed by atoms with Gasteiger partial charge in [0.15, 0.2) is 0 Å². The van der Waals surface area contributed by atoms with E-state index in [1.807, 2.05) is 14.0 Å². The number of nitrogens with one attached hydrogen (secondary N) is 1. The van der Waals surface area contributed by atoms with Gasteiger partial charge in [0.05, 0.1) is 11.1 Å². The van der Waals surface area contributed by atoms with E-state index < -0.39 is 30.1 Å². The Hall–Kier alpha value is -1.85. The molecule has 0 aromatic heterocycles. The molecular formula is C23H33F6N3O2. The number of benzene rings is 1. The minimum atomic E-state index is -4.85. The summed E-state index contributed by atoms with van der Waals surface area (Å²) in [6.07, 6.45) is -6.40. The van der Waals surface area contributed by atoms with Crippen LogP contribution in [-0.2, 0) is 23.7 Å². The average Bonchev–Trinajstić information content (AvgIpc) is 2.76. The molecule has 2 rings (SSSR count). The van der Waals surface area contributed by atoms with E-state index in [-0.39, 0.29) is 30.1 Å². The van der Waals surface area contributed by atoms with Crippen molar-refractivity contribution in [2.24, 2.45) is 5.92 Å². The van der Waals surface area contributed by atoms with Crippen molar-refractivity contribution < 1.29 is 36.2 Å². The number of aliphatic hydroxyl groups is 1. The monoisotopic (exact) mass is 497 g/mol. The van der Waals surface area contributed by atoms with Crippen LogP contribution < -0.4 is 5.32 Å². The zero-order valence-corrected chi connectivity index (χ0v) is 19.5. The van der Waals surface area contributed by atoms with Crippen molar-refractivity contribution in [3.05, 3.63) is 34.9 Å². The van der Waals surface area contributed by atoms with Crippen LogP contribution in [-0.4, -0.2) is 66.7 Å².